The van der Waals surface area contributed by atoms with Gasteiger partial charge in [0.15, 0.2) is 0 Å². The summed E-state index contributed by atoms with van der Waals surface area (Å²) in [6.45, 7) is 5.83. The largest absolute Gasteiger partial charge is 0.478 e. The third kappa shape index (κ3) is 4.03. The van der Waals surface area contributed by atoms with Crippen LogP contribution in [0.5, 0.6) is 0 Å². The van der Waals surface area contributed by atoms with Crippen LogP contribution in [0.3, 0.4) is 0 Å². The molecule has 0 heterocycles. The first-order chi connectivity index (χ1) is 9.22. The van der Waals surface area contributed by atoms with Crippen molar-refractivity contribution >= 4 is 40.9 Å². The molecule has 2 nitrogen and oxygen atoms in total. The second kappa shape index (κ2) is 7.01. The quantitative estimate of drug-likeness (QED) is 0.557. The van der Waals surface area contributed by atoms with Crippen LogP contribution in [-0.2, 0) is 11.0 Å². The lowest BCUT2D eigenvalue weighted by Crippen LogP contribution is -2.12. The molecule has 0 saturated carbocycles. The zero-order chi connectivity index (χ0) is 15.5. The van der Waals surface area contributed by atoms with Gasteiger partial charge in [0.05, 0.1) is 5.56 Å². The third-order valence-electron chi connectivity index (χ3n) is 3.04. The van der Waals surface area contributed by atoms with Crippen molar-refractivity contribution in [3.63, 3.8) is 0 Å². The van der Waals surface area contributed by atoms with Crippen molar-refractivity contribution in [2.24, 2.45) is 0 Å². The van der Waals surface area contributed by atoms with Gasteiger partial charge < -0.3 is 5.11 Å². The lowest BCUT2D eigenvalue weighted by Gasteiger charge is -2.21. The summed E-state index contributed by atoms with van der Waals surface area (Å²) < 4.78 is 11.4. The highest BCUT2D eigenvalue weighted by molar-refractivity contribution is 8.00. The second-order valence-electron chi connectivity index (χ2n) is 4.46. The zero-order valence-corrected chi connectivity index (χ0v) is 13.9. The van der Waals surface area contributed by atoms with E-state index in [1.165, 1.54) is 23.9 Å². The van der Waals surface area contributed by atoms with Crippen LogP contribution in [0.4, 0.5) is 4.39 Å². The Kier molecular flexibility index (Phi) is 6.17. The maximum atomic E-state index is 14.0. The van der Waals surface area contributed by atoms with E-state index in [1.807, 2.05) is 20.8 Å². The molecule has 0 bridgehead atoms. The Morgan fingerprint density at radius 1 is 1.45 bits per heavy atom. The predicted molar refractivity (Wildman–Crippen MR) is 82.9 cm³/mol. The Hall–Kier alpha value is -0.450. The van der Waals surface area contributed by atoms with Gasteiger partial charge in [-0.1, -0.05) is 50.0 Å². The highest BCUT2D eigenvalue weighted by Gasteiger charge is 2.31. The molecule has 0 aliphatic carbocycles. The first kappa shape index (κ1) is 17.6. The molecular formula is C14H17Cl2FO2S. The Morgan fingerprint density at radius 3 is 2.45 bits per heavy atom. The van der Waals surface area contributed by atoms with E-state index in [9.17, 15) is 14.3 Å². The standard InChI is InChI=1S/C14H17Cl2FO2S/c1-4-8(3)20-12-9(5-2)10(13(18)19)6-7-11(12)14(15,16)17/h6-8H,4-5H2,1-3H3,(H,18,19)/t8-/m1/s1. The molecule has 1 N–H and O–H groups in total. The molecule has 0 unspecified atom stereocenters. The summed E-state index contributed by atoms with van der Waals surface area (Å²) >= 11 is 12.6. The molecule has 0 amide bonds. The van der Waals surface area contributed by atoms with Crippen molar-refractivity contribution in [2.75, 3.05) is 0 Å². The number of alkyl halides is 3. The smallest absolute Gasteiger partial charge is 0.336 e. The summed E-state index contributed by atoms with van der Waals surface area (Å²) in [5.74, 6) is -1.03. The van der Waals surface area contributed by atoms with E-state index in [0.717, 1.165) is 6.42 Å². The molecule has 0 radical (unpaired) electrons. The number of rotatable bonds is 6. The van der Waals surface area contributed by atoms with Gasteiger partial charge in [-0.2, -0.15) is 0 Å². The molecule has 1 rings (SSSR count). The van der Waals surface area contributed by atoms with E-state index in [-0.39, 0.29) is 16.4 Å². The first-order valence-corrected chi connectivity index (χ1v) is 7.98. The molecule has 1 aromatic carbocycles. The van der Waals surface area contributed by atoms with E-state index in [4.69, 9.17) is 23.2 Å². The van der Waals surface area contributed by atoms with Gasteiger partial charge in [0.2, 0.25) is 0 Å². The Bertz CT molecular complexity index is 501. The van der Waals surface area contributed by atoms with Crippen LogP contribution in [0.15, 0.2) is 17.0 Å². The average molecular weight is 339 g/mol. The summed E-state index contributed by atoms with van der Waals surface area (Å²) in [4.78, 5) is 11.8. The number of aromatic carboxylic acids is 1. The van der Waals surface area contributed by atoms with Crippen LogP contribution in [0, 0.1) is 0 Å². The van der Waals surface area contributed by atoms with Crippen LogP contribution >= 0.6 is 35.0 Å². The minimum absolute atomic E-state index is 0.119. The van der Waals surface area contributed by atoms with E-state index in [0.29, 0.717) is 16.9 Å². The van der Waals surface area contributed by atoms with Gasteiger partial charge >= 0.3 is 5.97 Å². The van der Waals surface area contributed by atoms with E-state index >= 15 is 0 Å². The summed E-state index contributed by atoms with van der Waals surface area (Å²) in [5.41, 5.74) is 0.858. The third-order valence-corrected chi connectivity index (χ3v) is 4.89. The SMILES string of the molecule is CCc1c(C(=O)O)ccc(C(F)(Cl)Cl)c1S[C@H](C)CC. The molecule has 6 heteroatoms. The fourth-order valence-electron chi connectivity index (χ4n) is 1.82. The molecule has 0 spiro atoms. The molecule has 0 saturated heterocycles. The summed E-state index contributed by atoms with van der Waals surface area (Å²) in [7, 11) is 0. The minimum Gasteiger partial charge on any atom is -0.478 e. The minimum atomic E-state index is -2.53. The molecule has 112 valence electrons. The number of benzene rings is 1. The van der Waals surface area contributed by atoms with Crippen LogP contribution in [0.25, 0.3) is 0 Å². The summed E-state index contributed by atoms with van der Waals surface area (Å²) in [6, 6.07) is 2.71. The van der Waals surface area contributed by atoms with Crippen molar-refractivity contribution in [2.45, 2.75) is 48.3 Å². The van der Waals surface area contributed by atoms with Gasteiger partial charge in [0, 0.05) is 15.7 Å². The van der Waals surface area contributed by atoms with Crippen LogP contribution in [0.1, 0.15) is 48.7 Å². The molecule has 0 aliphatic rings. The van der Waals surface area contributed by atoms with Gasteiger partial charge in [-0.15, -0.1) is 11.8 Å². The highest BCUT2D eigenvalue weighted by atomic mass is 35.5. The lowest BCUT2D eigenvalue weighted by molar-refractivity contribution is 0.0695. The topological polar surface area (TPSA) is 37.3 Å². The number of carbonyl (C=O) groups is 1. The van der Waals surface area contributed by atoms with E-state index < -0.39 is 10.6 Å². The molecule has 0 aliphatic heterocycles. The second-order valence-corrected chi connectivity index (χ2v) is 7.15. The van der Waals surface area contributed by atoms with Gasteiger partial charge in [0.1, 0.15) is 0 Å². The van der Waals surface area contributed by atoms with Gasteiger partial charge in [0.25, 0.3) is 4.59 Å². The van der Waals surface area contributed by atoms with Gasteiger partial charge in [-0.3, -0.25) is 0 Å². The monoisotopic (exact) mass is 338 g/mol. The number of carboxylic acids is 1. The molecule has 1 atom stereocenters. The van der Waals surface area contributed by atoms with Crippen molar-refractivity contribution < 1.29 is 14.3 Å². The lowest BCUT2D eigenvalue weighted by atomic mass is 10.0. The van der Waals surface area contributed by atoms with Crippen molar-refractivity contribution in [1.82, 2.24) is 0 Å². The normalized spacial score (nSPS) is 13.3. The number of halogens is 3. The summed E-state index contributed by atoms with van der Waals surface area (Å²) in [5, 5.41) is 9.44. The predicted octanol–water partition coefficient (Wildman–Crippen LogP) is 5.40. The number of carboxylic acid groups (broad SMARTS) is 1. The number of hydrogen-bond acceptors (Lipinski definition) is 2. The average Bonchev–Trinajstić information content (AvgIpc) is 2.36. The Morgan fingerprint density at radius 2 is 2.05 bits per heavy atom. The Labute approximate surface area is 132 Å². The van der Waals surface area contributed by atoms with Crippen LogP contribution < -0.4 is 0 Å². The first-order valence-electron chi connectivity index (χ1n) is 6.35. The molecular weight excluding hydrogens is 322 g/mol. The van der Waals surface area contributed by atoms with Gasteiger partial charge in [-0.05, 0) is 24.5 Å². The molecule has 1 aromatic rings. The highest BCUT2D eigenvalue weighted by Crippen LogP contribution is 2.44. The summed E-state index contributed by atoms with van der Waals surface area (Å²) in [6.07, 6.45) is 1.34. The zero-order valence-electron chi connectivity index (χ0n) is 11.5. The maximum Gasteiger partial charge on any atom is 0.336 e. The van der Waals surface area contributed by atoms with Crippen LogP contribution in [-0.4, -0.2) is 16.3 Å². The van der Waals surface area contributed by atoms with Crippen molar-refractivity contribution in [1.29, 1.82) is 0 Å². The van der Waals surface area contributed by atoms with Crippen molar-refractivity contribution in [3.05, 3.63) is 28.8 Å². The van der Waals surface area contributed by atoms with Gasteiger partial charge in [-0.25, -0.2) is 9.18 Å². The molecule has 20 heavy (non-hydrogen) atoms. The Balaban J connectivity index is 3.51. The molecule has 0 fully saturated rings. The maximum absolute atomic E-state index is 14.0. The molecule has 0 aromatic heterocycles. The number of hydrogen-bond donors (Lipinski definition) is 1. The fourth-order valence-corrected chi connectivity index (χ4v) is 3.55. The van der Waals surface area contributed by atoms with Crippen LogP contribution in [0.2, 0.25) is 0 Å². The fraction of sp³-hybridized carbons (Fsp3) is 0.500. The number of thioether (sulfide) groups is 1. The van der Waals surface area contributed by atoms with Crippen molar-refractivity contribution in [3.8, 4) is 0 Å². The van der Waals surface area contributed by atoms with E-state index in [2.05, 4.69) is 0 Å². The van der Waals surface area contributed by atoms with E-state index in [1.54, 1.807) is 0 Å².